The van der Waals surface area contributed by atoms with Gasteiger partial charge in [0, 0.05) is 5.56 Å². The van der Waals surface area contributed by atoms with Crippen LogP contribution in [-0.4, -0.2) is 37.4 Å². The Hall–Kier alpha value is -3.88. The van der Waals surface area contributed by atoms with Crippen LogP contribution in [0.25, 0.3) is 6.08 Å². The van der Waals surface area contributed by atoms with Gasteiger partial charge in [0.1, 0.15) is 5.75 Å². The van der Waals surface area contributed by atoms with Crippen LogP contribution >= 0.6 is 0 Å². The summed E-state index contributed by atoms with van der Waals surface area (Å²) in [6.07, 6.45) is 2.54. The topological polar surface area (TPSA) is 117 Å². The molecule has 0 fully saturated rings. The van der Waals surface area contributed by atoms with Crippen LogP contribution in [0.5, 0.6) is 17.2 Å². The number of fused-ring (bicyclic) bond motifs is 1. The molecule has 1 heterocycles. The number of nitrogens with zero attached hydrogens (tertiary/aromatic N) is 1. The number of carbonyl (C=O) groups excluding carboxylic acids is 2. The van der Waals surface area contributed by atoms with E-state index in [1.54, 1.807) is 12.1 Å². The van der Waals surface area contributed by atoms with Gasteiger partial charge in [0.25, 0.3) is 11.6 Å². The molecule has 3 rings (SSSR count). The molecule has 0 bridgehead atoms. The number of carbonyl (C=O) groups is 2. The maximum atomic E-state index is 12.5. The second kappa shape index (κ2) is 7.78. The molecule has 0 aliphatic carbocycles. The lowest BCUT2D eigenvalue weighted by Crippen LogP contribution is -2.25. The molecule has 2 aromatic carbocycles. The summed E-state index contributed by atoms with van der Waals surface area (Å²) in [5.41, 5.74) is 0.648. The van der Waals surface area contributed by atoms with Gasteiger partial charge in [-0.1, -0.05) is 0 Å². The van der Waals surface area contributed by atoms with E-state index in [-0.39, 0.29) is 29.5 Å². The normalized spacial score (nSPS) is 12.7. The van der Waals surface area contributed by atoms with Gasteiger partial charge in [-0.25, -0.2) is 0 Å². The molecule has 9 nitrogen and oxygen atoms in total. The van der Waals surface area contributed by atoms with Crippen LogP contribution in [0.15, 0.2) is 36.4 Å². The number of nitrogens with one attached hydrogen (secondary N) is 1. The minimum atomic E-state index is -0.572. The molecule has 1 aliphatic rings. The number of ether oxygens (including phenoxy) is 3. The standard InChI is InChI=1S/C19H16N2O7/c1-26-17-8-11(14(21(24)25)9-18(17)27-2)3-5-15(22)12-4-6-16-13(7-12)20-19(23)10-28-16/h3-9H,10H2,1-2H3,(H,20,23). The molecule has 1 aliphatic heterocycles. The summed E-state index contributed by atoms with van der Waals surface area (Å²) >= 11 is 0. The van der Waals surface area contributed by atoms with Gasteiger partial charge in [-0.3, -0.25) is 19.7 Å². The molecule has 0 saturated heterocycles. The lowest BCUT2D eigenvalue weighted by Gasteiger charge is -2.17. The molecule has 28 heavy (non-hydrogen) atoms. The van der Waals surface area contributed by atoms with Gasteiger partial charge in [-0.05, 0) is 36.4 Å². The summed E-state index contributed by atoms with van der Waals surface area (Å²) in [7, 11) is 2.78. The minimum absolute atomic E-state index is 0.0802. The molecule has 1 amide bonds. The number of nitro benzene ring substituents is 1. The Morgan fingerprint density at radius 1 is 1.21 bits per heavy atom. The number of allylic oxidation sites excluding steroid dienone is 1. The Morgan fingerprint density at radius 2 is 1.93 bits per heavy atom. The van der Waals surface area contributed by atoms with Crippen molar-refractivity contribution in [1.82, 2.24) is 0 Å². The zero-order valence-corrected chi connectivity index (χ0v) is 15.1. The summed E-state index contributed by atoms with van der Waals surface area (Å²) in [5.74, 6) is 0.271. The molecule has 0 aromatic heterocycles. The molecule has 2 aromatic rings. The quantitative estimate of drug-likeness (QED) is 0.352. The van der Waals surface area contributed by atoms with Gasteiger partial charge < -0.3 is 19.5 Å². The van der Waals surface area contributed by atoms with Crippen LogP contribution in [0.2, 0.25) is 0 Å². The van der Waals surface area contributed by atoms with E-state index in [4.69, 9.17) is 14.2 Å². The third kappa shape index (κ3) is 3.78. The number of ketones is 1. The van der Waals surface area contributed by atoms with Crippen molar-refractivity contribution < 1.29 is 28.7 Å². The number of methoxy groups -OCH3 is 2. The SMILES string of the molecule is COc1cc(C=CC(=O)c2ccc3c(c2)NC(=O)CO3)c([N+](=O)[O-])cc1OC. The number of hydrogen-bond donors (Lipinski definition) is 1. The molecule has 0 atom stereocenters. The van der Waals surface area contributed by atoms with Crippen molar-refractivity contribution in [2.75, 3.05) is 26.1 Å². The highest BCUT2D eigenvalue weighted by atomic mass is 16.6. The molecular weight excluding hydrogens is 368 g/mol. The van der Waals surface area contributed by atoms with Crippen molar-refractivity contribution in [3.05, 3.63) is 57.6 Å². The summed E-state index contributed by atoms with van der Waals surface area (Å²) in [6, 6.07) is 7.26. The number of rotatable bonds is 6. The van der Waals surface area contributed by atoms with Gasteiger partial charge in [-0.2, -0.15) is 0 Å². The van der Waals surface area contributed by atoms with E-state index in [1.165, 1.54) is 44.6 Å². The smallest absolute Gasteiger partial charge is 0.280 e. The monoisotopic (exact) mass is 384 g/mol. The predicted molar refractivity (Wildman–Crippen MR) is 100 cm³/mol. The highest BCUT2D eigenvalue weighted by molar-refractivity contribution is 6.08. The molecule has 144 valence electrons. The van der Waals surface area contributed by atoms with Crippen LogP contribution in [0, 0.1) is 10.1 Å². The van der Waals surface area contributed by atoms with Crippen molar-refractivity contribution in [2.24, 2.45) is 0 Å². The second-order valence-corrected chi connectivity index (χ2v) is 5.77. The van der Waals surface area contributed by atoms with Crippen LogP contribution < -0.4 is 19.5 Å². The molecule has 0 radical (unpaired) electrons. The van der Waals surface area contributed by atoms with Gasteiger partial charge in [0.15, 0.2) is 23.9 Å². The highest BCUT2D eigenvalue weighted by Gasteiger charge is 2.19. The number of amides is 1. The largest absolute Gasteiger partial charge is 0.493 e. The number of nitro groups is 1. The zero-order chi connectivity index (χ0) is 20.3. The average molecular weight is 384 g/mol. The molecule has 9 heteroatoms. The third-order valence-electron chi connectivity index (χ3n) is 4.04. The van der Waals surface area contributed by atoms with Gasteiger partial charge >= 0.3 is 0 Å². The first kappa shape index (κ1) is 18.9. The van der Waals surface area contributed by atoms with E-state index in [9.17, 15) is 19.7 Å². The lowest BCUT2D eigenvalue weighted by atomic mass is 10.1. The Balaban J connectivity index is 1.91. The van der Waals surface area contributed by atoms with E-state index in [0.29, 0.717) is 22.7 Å². The second-order valence-electron chi connectivity index (χ2n) is 5.77. The van der Waals surface area contributed by atoms with Gasteiger partial charge in [0.2, 0.25) is 0 Å². The fraction of sp³-hybridized carbons (Fsp3) is 0.158. The molecule has 0 spiro atoms. The van der Waals surface area contributed by atoms with Crippen molar-refractivity contribution in [1.29, 1.82) is 0 Å². The lowest BCUT2D eigenvalue weighted by molar-refractivity contribution is -0.385. The highest BCUT2D eigenvalue weighted by Crippen LogP contribution is 2.35. The van der Waals surface area contributed by atoms with Gasteiger partial charge in [-0.15, -0.1) is 0 Å². The first-order valence-electron chi connectivity index (χ1n) is 8.12. The Kier molecular flexibility index (Phi) is 5.25. The Labute approximate surface area is 159 Å². The van der Waals surface area contributed by atoms with E-state index in [2.05, 4.69) is 5.32 Å². The van der Waals surface area contributed by atoms with Crippen molar-refractivity contribution in [2.45, 2.75) is 0 Å². The third-order valence-corrected chi connectivity index (χ3v) is 4.04. The molecule has 0 unspecified atom stereocenters. The van der Waals surface area contributed by atoms with Crippen LogP contribution in [0.4, 0.5) is 11.4 Å². The van der Waals surface area contributed by atoms with Crippen molar-refractivity contribution >= 4 is 29.1 Å². The molecule has 1 N–H and O–H groups in total. The van der Waals surface area contributed by atoms with E-state index in [1.807, 2.05) is 0 Å². The summed E-state index contributed by atoms with van der Waals surface area (Å²) < 4.78 is 15.5. The minimum Gasteiger partial charge on any atom is -0.493 e. The zero-order valence-electron chi connectivity index (χ0n) is 15.1. The molecular formula is C19H16N2O7. The maximum absolute atomic E-state index is 12.5. The summed E-state index contributed by atoms with van der Waals surface area (Å²) in [4.78, 5) is 34.6. The van der Waals surface area contributed by atoms with Crippen LogP contribution in [0.1, 0.15) is 15.9 Å². The fourth-order valence-corrected chi connectivity index (χ4v) is 2.67. The Bertz CT molecular complexity index is 998. The predicted octanol–water partition coefficient (Wildman–Crippen LogP) is 2.84. The molecule has 0 saturated carbocycles. The van der Waals surface area contributed by atoms with Gasteiger partial charge in [0.05, 0.1) is 36.5 Å². The summed E-state index contributed by atoms with van der Waals surface area (Å²) in [6.45, 7) is -0.0802. The van der Waals surface area contributed by atoms with E-state index in [0.717, 1.165) is 0 Å². The van der Waals surface area contributed by atoms with Crippen LogP contribution in [0.3, 0.4) is 0 Å². The van der Waals surface area contributed by atoms with E-state index >= 15 is 0 Å². The number of benzene rings is 2. The fourth-order valence-electron chi connectivity index (χ4n) is 2.67. The first-order chi connectivity index (χ1) is 13.4. The van der Waals surface area contributed by atoms with E-state index < -0.39 is 10.7 Å². The van der Waals surface area contributed by atoms with Crippen molar-refractivity contribution in [3.63, 3.8) is 0 Å². The van der Waals surface area contributed by atoms with Crippen molar-refractivity contribution in [3.8, 4) is 17.2 Å². The first-order valence-corrected chi connectivity index (χ1v) is 8.12. The van der Waals surface area contributed by atoms with Crippen LogP contribution in [-0.2, 0) is 4.79 Å². The average Bonchev–Trinajstić information content (AvgIpc) is 2.70. The number of hydrogen-bond acceptors (Lipinski definition) is 7. The summed E-state index contributed by atoms with van der Waals surface area (Å²) in [5, 5.41) is 14.0. The number of anilines is 1. The maximum Gasteiger partial charge on any atom is 0.280 e. The Morgan fingerprint density at radius 3 is 2.61 bits per heavy atom.